The van der Waals surface area contributed by atoms with Crippen molar-refractivity contribution in [2.75, 3.05) is 9.80 Å². The summed E-state index contributed by atoms with van der Waals surface area (Å²) >= 11 is 0. The van der Waals surface area contributed by atoms with Crippen LogP contribution in [-0.2, 0) is 0 Å². The maximum Gasteiger partial charge on any atom is 0.0561 e. The quantitative estimate of drug-likeness (QED) is 0.127. The summed E-state index contributed by atoms with van der Waals surface area (Å²) in [4.78, 5) is 4.84. The van der Waals surface area contributed by atoms with Gasteiger partial charge in [-0.3, -0.25) is 0 Å². The number of anilines is 6. The Balaban J connectivity index is 1.14. The van der Waals surface area contributed by atoms with Gasteiger partial charge in [-0.15, -0.1) is 0 Å². The molecule has 2 nitrogen and oxygen atoms in total. The minimum Gasteiger partial charge on any atom is -0.310 e. The molecule has 11 aromatic rings. The molecule has 11 aromatic carbocycles. The Morgan fingerprint density at radius 3 is 0.906 bits per heavy atom. The van der Waals surface area contributed by atoms with Gasteiger partial charge in [0.2, 0.25) is 0 Å². The van der Waals surface area contributed by atoms with Crippen LogP contribution in [-0.4, -0.2) is 0 Å². The Morgan fingerprint density at radius 2 is 0.516 bits per heavy atom. The van der Waals surface area contributed by atoms with Gasteiger partial charge >= 0.3 is 0 Å². The molecule has 0 fully saturated rings. The largest absolute Gasteiger partial charge is 0.310 e. The molecule has 0 bridgehead atoms. The van der Waals surface area contributed by atoms with Gasteiger partial charge in [0.05, 0.1) is 5.69 Å². The third-order valence-electron chi connectivity index (χ3n) is 12.3. The third kappa shape index (κ3) is 7.59. The Labute approximate surface area is 375 Å². The van der Waals surface area contributed by atoms with Crippen LogP contribution in [0.3, 0.4) is 0 Å². The normalized spacial score (nSPS) is 11.1. The van der Waals surface area contributed by atoms with E-state index < -0.39 is 0 Å². The summed E-state index contributed by atoms with van der Waals surface area (Å²) in [7, 11) is 0. The highest BCUT2D eigenvalue weighted by molar-refractivity contribution is 6.14. The second-order valence-electron chi connectivity index (χ2n) is 16.2. The van der Waals surface area contributed by atoms with Crippen LogP contribution in [0.15, 0.2) is 267 Å². The van der Waals surface area contributed by atoms with Crippen molar-refractivity contribution in [3.8, 4) is 44.5 Å². The second kappa shape index (κ2) is 17.1. The van der Waals surface area contributed by atoms with Crippen LogP contribution in [0.4, 0.5) is 34.1 Å². The van der Waals surface area contributed by atoms with E-state index in [0.29, 0.717) is 0 Å². The van der Waals surface area contributed by atoms with Crippen LogP contribution in [0.1, 0.15) is 0 Å². The van der Waals surface area contributed by atoms with Crippen LogP contribution < -0.4 is 9.80 Å². The lowest BCUT2D eigenvalue weighted by molar-refractivity contribution is 1.26. The van der Waals surface area contributed by atoms with Gasteiger partial charge in [-0.05, 0) is 121 Å². The summed E-state index contributed by atoms with van der Waals surface area (Å²) in [5, 5.41) is 4.76. The lowest BCUT2D eigenvalue weighted by Crippen LogP contribution is -2.14. The van der Waals surface area contributed by atoms with Crippen molar-refractivity contribution < 1.29 is 0 Å². The van der Waals surface area contributed by atoms with E-state index in [2.05, 4.69) is 277 Å². The number of benzene rings is 11. The second-order valence-corrected chi connectivity index (χ2v) is 16.2. The number of nitrogens with zero attached hydrogens (tertiary/aromatic N) is 2. The van der Waals surface area contributed by atoms with Gasteiger partial charge in [0.15, 0.2) is 0 Å². The molecule has 0 atom stereocenters. The molecule has 11 rings (SSSR count). The SMILES string of the molecule is c1ccc(-c2ccc(N(c3ccc(-c4ccccc4)cc3)c3cc(N(c4ccc(-c5ccccc5)cc4)c4ccc(-c5ccccc5)cc4)c4ccc5ccccc5c4c3)cc2)cc1. The Kier molecular flexibility index (Phi) is 10.3. The topological polar surface area (TPSA) is 6.48 Å². The van der Waals surface area contributed by atoms with Gasteiger partial charge in [-0.25, -0.2) is 0 Å². The van der Waals surface area contributed by atoms with Crippen molar-refractivity contribution >= 4 is 55.7 Å². The maximum atomic E-state index is 2.43. The monoisotopic (exact) mass is 816 g/mol. The molecule has 0 heterocycles. The smallest absolute Gasteiger partial charge is 0.0561 e. The Hall–Kier alpha value is -8.46. The Morgan fingerprint density at radius 1 is 0.188 bits per heavy atom. The molecular weight excluding hydrogens is 773 g/mol. The van der Waals surface area contributed by atoms with Gasteiger partial charge in [0.1, 0.15) is 0 Å². The van der Waals surface area contributed by atoms with E-state index in [1.54, 1.807) is 0 Å². The number of hydrogen-bond donors (Lipinski definition) is 0. The number of rotatable bonds is 10. The highest BCUT2D eigenvalue weighted by Crippen LogP contribution is 2.47. The summed E-state index contributed by atoms with van der Waals surface area (Å²) in [6.07, 6.45) is 0. The molecule has 0 N–H and O–H groups in total. The first kappa shape index (κ1) is 38.5. The van der Waals surface area contributed by atoms with E-state index in [4.69, 9.17) is 0 Å². The van der Waals surface area contributed by atoms with Crippen LogP contribution in [0.25, 0.3) is 66.1 Å². The summed E-state index contributed by atoms with van der Waals surface area (Å²) in [5.74, 6) is 0. The van der Waals surface area contributed by atoms with E-state index in [-0.39, 0.29) is 0 Å². The van der Waals surface area contributed by atoms with E-state index in [1.807, 2.05) is 0 Å². The predicted octanol–water partition coefficient (Wildman–Crippen LogP) is 17.6. The summed E-state index contributed by atoms with van der Waals surface area (Å²) < 4.78 is 0. The van der Waals surface area contributed by atoms with Gasteiger partial charge in [-0.2, -0.15) is 0 Å². The average molecular weight is 817 g/mol. The van der Waals surface area contributed by atoms with E-state index in [0.717, 1.165) is 34.1 Å². The Bertz CT molecular complexity index is 3150. The molecule has 0 saturated carbocycles. The van der Waals surface area contributed by atoms with Crippen molar-refractivity contribution in [1.82, 2.24) is 0 Å². The summed E-state index contributed by atoms with van der Waals surface area (Å²) in [5.41, 5.74) is 15.9. The molecule has 64 heavy (non-hydrogen) atoms. The average Bonchev–Trinajstić information content (AvgIpc) is 3.38. The lowest BCUT2D eigenvalue weighted by atomic mass is 9.97. The van der Waals surface area contributed by atoms with Crippen molar-refractivity contribution in [1.29, 1.82) is 0 Å². The predicted molar refractivity (Wildman–Crippen MR) is 273 cm³/mol. The number of fused-ring (bicyclic) bond motifs is 3. The zero-order valence-electron chi connectivity index (χ0n) is 35.3. The van der Waals surface area contributed by atoms with Gasteiger partial charge < -0.3 is 9.80 Å². The van der Waals surface area contributed by atoms with Crippen molar-refractivity contribution in [3.63, 3.8) is 0 Å². The van der Waals surface area contributed by atoms with E-state index in [9.17, 15) is 0 Å². The van der Waals surface area contributed by atoms with Gasteiger partial charge in [0.25, 0.3) is 0 Å². The molecule has 0 unspecified atom stereocenters. The first-order chi connectivity index (χ1) is 31.7. The zero-order valence-corrected chi connectivity index (χ0v) is 35.3. The highest BCUT2D eigenvalue weighted by atomic mass is 15.2. The van der Waals surface area contributed by atoms with E-state index >= 15 is 0 Å². The van der Waals surface area contributed by atoms with Gasteiger partial charge in [0, 0.05) is 33.8 Å². The first-order valence-corrected chi connectivity index (χ1v) is 21.9. The third-order valence-corrected chi connectivity index (χ3v) is 12.3. The standard InChI is InChI=1S/C62H44N2/c1-5-15-45(16-6-1)49-25-34-54(35-26-49)63(55-36-27-50(28-37-55)46-17-7-2-8-18-46)58-43-61-59-24-14-13-23-53(59)33-42-60(61)62(44-58)64(56-38-29-51(30-39-56)47-19-9-3-10-20-47)57-40-31-52(32-41-57)48-21-11-4-12-22-48/h1-44H. The van der Waals surface area contributed by atoms with Crippen LogP contribution >= 0.6 is 0 Å². The molecular formula is C62H44N2. The summed E-state index contributed by atoms with van der Waals surface area (Å²) in [6.45, 7) is 0. The maximum absolute atomic E-state index is 2.43. The molecule has 0 spiro atoms. The summed E-state index contributed by atoms with van der Waals surface area (Å²) in [6, 6.07) is 96.5. The van der Waals surface area contributed by atoms with Crippen LogP contribution in [0.5, 0.6) is 0 Å². The van der Waals surface area contributed by atoms with E-state index in [1.165, 1.54) is 66.1 Å². The minimum atomic E-state index is 1.06. The van der Waals surface area contributed by atoms with Crippen LogP contribution in [0.2, 0.25) is 0 Å². The fraction of sp³-hybridized carbons (Fsp3) is 0. The van der Waals surface area contributed by atoms with Gasteiger partial charge in [-0.1, -0.05) is 206 Å². The lowest BCUT2D eigenvalue weighted by Gasteiger charge is -2.31. The fourth-order valence-corrected chi connectivity index (χ4v) is 9.00. The molecule has 302 valence electrons. The molecule has 0 saturated heterocycles. The van der Waals surface area contributed by atoms with Crippen molar-refractivity contribution in [2.45, 2.75) is 0 Å². The molecule has 0 radical (unpaired) electrons. The van der Waals surface area contributed by atoms with Crippen molar-refractivity contribution in [2.24, 2.45) is 0 Å². The van der Waals surface area contributed by atoms with Crippen molar-refractivity contribution in [3.05, 3.63) is 267 Å². The molecule has 0 aliphatic carbocycles. The zero-order chi connectivity index (χ0) is 42.7. The molecule has 2 heteroatoms. The number of hydrogen-bond acceptors (Lipinski definition) is 2. The van der Waals surface area contributed by atoms with Crippen LogP contribution in [0, 0.1) is 0 Å². The minimum absolute atomic E-state index is 1.06. The fourth-order valence-electron chi connectivity index (χ4n) is 9.00. The first-order valence-electron chi connectivity index (χ1n) is 21.9. The molecule has 0 aliphatic rings. The molecule has 0 aromatic heterocycles. The highest BCUT2D eigenvalue weighted by Gasteiger charge is 2.22. The molecule has 0 amide bonds. The molecule has 0 aliphatic heterocycles.